The van der Waals surface area contributed by atoms with E-state index < -0.39 is 11.7 Å². The lowest BCUT2D eigenvalue weighted by molar-refractivity contribution is -0.137. The summed E-state index contributed by atoms with van der Waals surface area (Å²) in [5.41, 5.74) is -0.259. The number of aromatic nitrogens is 1. The van der Waals surface area contributed by atoms with Crippen molar-refractivity contribution in [1.29, 1.82) is 0 Å². The van der Waals surface area contributed by atoms with Crippen molar-refractivity contribution in [3.8, 4) is 5.88 Å². The second kappa shape index (κ2) is 7.03. The first-order valence-electron chi connectivity index (χ1n) is 7.57. The van der Waals surface area contributed by atoms with E-state index in [1.807, 2.05) is 6.07 Å². The minimum atomic E-state index is -4.45. The summed E-state index contributed by atoms with van der Waals surface area (Å²) in [7, 11) is 0. The van der Waals surface area contributed by atoms with Gasteiger partial charge in [0.15, 0.2) is 0 Å². The molecular formula is C17H14BrF3N2O2. The van der Waals surface area contributed by atoms with Gasteiger partial charge in [-0.2, -0.15) is 13.2 Å². The van der Waals surface area contributed by atoms with Gasteiger partial charge >= 0.3 is 6.18 Å². The fourth-order valence-electron chi connectivity index (χ4n) is 2.63. The third-order valence-electron chi connectivity index (χ3n) is 3.85. The first-order valence-corrected chi connectivity index (χ1v) is 8.37. The van der Waals surface area contributed by atoms with Gasteiger partial charge in [-0.1, -0.05) is 22.0 Å². The highest BCUT2D eigenvalue weighted by atomic mass is 79.9. The summed E-state index contributed by atoms with van der Waals surface area (Å²) < 4.78 is 44.5. The molecule has 1 saturated heterocycles. The normalized spacial score (nSPS) is 17.6. The number of rotatable bonds is 3. The van der Waals surface area contributed by atoms with Crippen LogP contribution < -0.4 is 4.74 Å². The van der Waals surface area contributed by atoms with Crippen molar-refractivity contribution in [3.63, 3.8) is 0 Å². The van der Waals surface area contributed by atoms with Gasteiger partial charge in [-0.15, -0.1) is 0 Å². The Bertz CT molecular complexity index is 782. The average Bonchev–Trinajstić information content (AvgIpc) is 3.02. The van der Waals surface area contributed by atoms with Crippen molar-refractivity contribution in [3.05, 3.63) is 58.2 Å². The summed E-state index contributed by atoms with van der Waals surface area (Å²) in [5.74, 6) is -0.221. The van der Waals surface area contributed by atoms with Gasteiger partial charge in [0.25, 0.3) is 5.91 Å². The van der Waals surface area contributed by atoms with Crippen LogP contribution in [0.5, 0.6) is 5.88 Å². The summed E-state index contributed by atoms with van der Waals surface area (Å²) in [6.45, 7) is 0.790. The SMILES string of the molecule is O=C(c1cccc(Br)c1)N1CC[C@@H](Oc2cc(C(F)(F)F)ccn2)C1. The van der Waals surface area contributed by atoms with E-state index in [1.165, 1.54) is 0 Å². The molecule has 1 amide bonds. The van der Waals surface area contributed by atoms with Crippen molar-refractivity contribution in [2.45, 2.75) is 18.7 Å². The lowest BCUT2D eigenvalue weighted by Gasteiger charge is -2.17. The van der Waals surface area contributed by atoms with Crippen LogP contribution in [-0.4, -0.2) is 35.0 Å². The van der Waals surface area contributed by atoms with Crippen molar-refractivity contribution < 1.29 is 22.7 Å². The molecule has 2 heterocycles. The van der Waals surface area contributed by atoms with Gasteiger partial charge in [0.1, 0.15) is 6.10 Å². The van der Waals surface area contributed by atoms with Crippen LogP contribution in [0.15, 0.2) is 47.1 Å². The van der Waals surface area contributed by atoms with E-state index in [-0.39, 0.29) is 17.9 Å². The second-order valence-corrected chi connectivity index (χ2v) is 6.59. The highest BCUT2D eigenvalue weighted by molar-refractivity contribution is 9.10. The molecular weight excluding hydrogens is 401 g/mol. The monoisotopic (exact) mass is 414 g/mol. The van der Waals surface area contributed by atoms with Gasteiger partial charge < -0.3 is 9.64 Å². The molecule has 1 aliphatic heterocycles. The Morgan fingerprint density at radius 3 is 2.80 bits per heavy atom. The maximum atomic E-state index is 12.7. The van der Waals surface area contributed by atoms with Crippen LogP contribution in [0.3, 0.4) is 0 Å². The zero-order valence-corrected chi connectivity index (χ0v) is 14.5. The molecule has 4 nitrogen and oxygen atoms in total. The first kappa shape index (κ1) is 17.7. The zero-order valence-electron chi connectivity index (χ0n) is 13.0. The van der Waals surface area contributed by atoms with Crippen LogP contribution in [0.2, 0.25) is 0 Å². The van der Waals surface area contributed by atoms with Gasteiger partial charge in [-0.05, 0) is 24.3 Å². The molecule has 0 aliphatic carbocycles. The predicted molar refractivity (Wildman–Crippen MR) is 88.3 cm³/mol. The Morgan fingerprint density at radius 1 is 1.28 bits per heavy atom. The van der Waals surface area contributed by atoms with Gasteiger partial charge in [-0.25, -0.2) is 4.98 Å². The topological polar surface area (TPSA) is 42.4 Å². The number of carbonyl (C=O) groups excluding carboxylic acids is 1. The number of hydrogen-bond acceptors (Lipinski definition) is 3. The average molecular weight is 415 g/mol. The maximum Gasteiger partial charge on any atom is 0.416 e. The molecule has 0 N–H and O–H groups in total. The highest BCUT2D eigenvalue weighted by Gasteiger charge is 2.32. The van der Waals surface area contributed by atoms with Crippen molar-refractivity contribution in [2.75, 3.05) is 13.1 Å². The molecule has 0 spiro atoms. The quantitative estimate of drug-likeness (QED) is 0.757. The van der Waals surface area contributed by atoms with Crippen LogP contribution in [0.4, 0.5) is 13.2 Å². The van der Waals surface area contributed by atoms with Crippen LogP contribution in [0, 0.1) is 0 Å². The van der Waals surface area contributed by atoms with E-state index in [0.717, 1.165) is 22.8 Å². The molecule has 3 rings (SSSR count). The molecule has 1 aromatic heterocycles. The van der Waals surface area contributed by atoms with E-state index >= 15 is 0 Å². The molecule has 25 heavy (non-hydrogen) atoms. The molecule has 1 aromatic carbocycles. The van der Waals surface area contributed by atoms with E-state index in [9.17, 15) is 18.0 Å². The molecule has 1 fully saturated rings. The third-order valence-corrected chi connectivity index (χ3v) is 4.35. The molecule has 2 aromatic rings. The fraction of sp³-hybridized carbons (Fsp3) is 0.294. The van der Waals surface area contributed by atoms with E-state index in [1.54, 1.807) is 23.1 Å². The number of benzene rings is 1. The molecule has 1 aliphatic rings. The number of amides is 1. The summed E-state index contributed by atoms with van der Waals surface area (Å²) in [6.07, 6.45) is -3.22. The Kier molecular flexibility index (Phi) is 4.99. The van der Waals surface area contributed by atoms with Gasteiger partial charge in [-0.3, -0.25) is 4.79 Å². The number of nitrogens with zero attached hydrogens (tertiary/aromatic N) is 2. The summed E-state index contributed by atoms with van der Waals surface area (Å²) >= 11 is 3.32. The Morgan fingerprint density at radius 2 is 2.08 bits per heavy atom. The fourth-order valence-corrected chi connectivity index (χ4v) is 3.03. The first-order chi connectivity index (χ1) is 11.8. The number of likely N-dealkylation sites (tertiary alicyclic amines) is 1. The molecule has 0 saturated carbocycles. The minimum Gasteiger partial charge on any atom is -0.472 e. The molecule has 0 bridgehead atoms. The Labute approximate surface area is 150 Å². The molecule has 1 atom stereocenters. The smallest absolute Gasteiger partial charge is 0.416 e. The van der Waals surface area contributed by atoms with Crippen LogP contribution in [0.1, 0.15) is 22.3 Å². The molecule has 0 unspecified atom stereocenters. The predicted octanol–water partition coefficient (Wildman–Crippen LogP) is 4.16. The Balaban J connectivity index is 1.65. The van der Waals surface area contributed by atoms with Gasteiger partial charge in [0.05, 0.1) is 12.1 Å². The summed E-state index contributed by atoms with van der Waals surface area (Å²) in [4.78, 5) is 17.9. The molecule has 8 heteroatoms. The zero-order chi connectivity index (χ0) is 18.0. The second-order valence-electron chi connectivity index (χ2n) is 5.67. The number of alkyl halides is 3. The number of halogens is 4. The van der Waals surface area contributed by atoms with Gasteiger partial charge in [0, 0.05) is 35.3 Å². The lowest BCUT2D eigenvalue weighted by Crippen LogP contribution is -2.31. The van der Waals surface area contributed by atoms with Crippen LogP contribution in [0.25, 0.3) is 0 Å². The maximum absolute atomic E-state index is 12.7. The molecule has 132 valence electrons. The highest BCUT2D eigenvalue weighted by Crippen LogP contribution is 2.31. The standard InChI is InChI=1S/C17H14BrF3N2O2/c18-13-3-1-2-11(8-13)16(24)23-7-5-14(10-23)25-15-9-12(4-6-22-15)17(19,20)21/h1-4,6,8-9,14H,5,7,10H2/t14-/m1/s1. The van der Waals surface area contributed by atoms with E-state index in [4.69, 9.17) is 4.74 Å². The van der Waals surface area contributed by atoms with Crippen molar-refractivity contribution >= 4 is 21.8 Å². The summed E-state index contributed by atoms with van der Waals surface area (Å²) in [6, 6.07) is 8.81. The van der Waals surface area contributed by atoms with E-state index in [2.05, 4.69) is 20.9 Å². The largest absolute Gasteiger partial charge is 0.472 e. The van der Waals surface area contributed by atoms with Gasteiger partial charge in [0.2, 0.25) is 5.88 Å². The Hall–Kier alpha value is -2.09. The number of ether oxygens (including phenoxy) is 1. The number of pyridine rings is 1. The third kappa shape index (κ3) is 4.31. The van der Waals surface area contributed by atoms with Crippen LogP contribution >= 0.6 is 15.9 Å². The van der Waals surface area contributed by atoms with Crippen LogP contribution in [-0.2, 0) is 6.18 Å². The number of hydrogen-bond donors (Lipinski definition) is 0. The van der Waals surface area contributed by atoms with Crippen molar-refractivity contribution in [2.24, 2.45) is 0 Å². The number of carbonyl (C=O) groups is 1. The van der Waals surface area contributed by atoms with Crippen molar-refractivity contribution in [1.82, 2.24) is 9.88 Å². The molecule has 0 radical (unpaired) electrons. The van der Waals surface area contributed by atoms with E-state index in [0.29, 0.717) is 25.1 Å². The lowest BCUT2D eigenvalue weighted by atomic mass is 10.2. The summed E-state index contributed by atoms with van der Waals surface area (Å²) in [5, 5.41) is 0. The minimum absolute atomic E-state index is 0.0865.